The van der Waals surface area contributed by atoms with Crippen molar-refractivity contribution in [3.63, 3.8) is 0 Å². The van der Waals surface area contributed by atoms with Crippen molar-refractivity contribution in [1.29, 1.82) is 0 Å². The van der Waals surface area contributed by atoms with E-state index in [4.69, 9.17) is 9.26 Å². The summed E-state index contributed by atoms with van der Waals surface area (Å²) in [7, 11) is 0. The van der Waals surface area contributed by atoms with Crippen molar-refractivity contribution in [1.82, 2.24) is 10.1 Å². The van der Waals surface area contributed by atoms with Gasteiger partial charge in [0.15, 0.2) is 0 Å². The van der Waals surface area contributed by atoms with Crippen LogP contribution in [0.5, 0.6) is 0 Å². The molecule has 5 nitrogen and oxygen atoms in total. The highest BCUT2D eigenvalue weighted by molar-refractivity contribution is 9.10. The summed E-state index contributed by atoms with van der Waals surface area (Å²) in [5, 5.41) is 5.94. The molecule has 1 fully saturated rings. The van der Waals surface area contributed by atoms with Gasteiger partial charge in [-0.1, -0.05) is 11.6 Å². The number of carbonyl (C=O) groups excluding carboxylic acids is 1. The topological polar surface area (TPSA) is 65.2 Å². The number of ether oxygens (including phenoxy) is 1. The molecule has 0 saturated heterocycles. The Bertz CT molecular complexity index is 633. The van der Waals surface area contributed by atoms with Crippen molar-refractivity contribution in [3.8, 4) is 10.7 Å². The highest BCUT2D eigenvalue weighted by atomic mass is 79.9. The first-order chi connectivity index (χ1) is 9.65. The molecule has 2 aromatic heterocycles. The molecule has 0 amide bonds. The Balaban J connectivity index is 1.90. The van der Waals surface area contributed by atoms with E-state index in [0.29, 0.717) is 31.2 Å². The summed E-state index contributed by atoms with van der Waals surface area (Å²) < 4.78 is 11.5. The van der Waals surface area contributed by atoms with Crippen molar-refractivity contribution in [3.05, 3.63) is 21.8 Å². The number of rotatable bonds is 4. The Morgan fingerprint density at radius 3 is 2.95 bits per heavy atom. The SMILES string of the molecule is CCOC(=O)C1(c2nc(-c3cc(Br)cs3)no2)CCC1. The number of hydrogen-bond acceptors (Lipinski definition) is 6. The van der Waals surface area contributed by atoms with Crippen LogP contribution in [0.15, 0.2) is 20.4 Å². The van der Waals surface area contributed by atoms with Gasteiger partial charge >= 0.3 is 5.97 Å². The Labute approximate surface area is 128 Å². The minimum absolute atomic E-state index is 0.256. The Kier molecular flexibility index (Phi) is 3.64. The van der Waals surface area contributed by atoms with Crippen molar-refractivity contribution >= 4 is 33.2 Å². The zero-order valence-electron chi connectivity index (χ0n) is 10.9. The summed E-state index contributed by atoms with van der Waals surface area (Å²) >= 11 is 4.92. The molecule has 1 aliphatic rings. The van der Waals surface area contributed by atoms with Gasteiger partial charge in [-0.05, 0) is 41.8 Å². The highest BCUT2D eigenvalue weighted by Crippen LogP contribution is 2.44. The summed E-state index contributed by atoms with van der Waals surface area (Å²) in [5.74, 6) is 0.641. The molecule has 7 heteroatoms. The van der Waals surface area contributed by atoms with Crippen LogP contribution in [0, 0.1) is 0 Å². The van der Waals surface area contributed by atoms with Gasteiger partial charge in [0.05, 0.1) is 11.5 Å². The number of thiophene rings is 1. The minimum atomic E-state index is -0.726. The summed E-state index contributed by atoms with van der Waals surface area (Å²) in [5.41, 5.74) is -0.726. The maximum absolute atomic E-state index is 12.1. The van der Waals surface area contributed by atoms with Crippen LogP contribution in [0.25, 0.3) is 10.7 Å². The lowest BCUT2D eigenvalue weighted by Gasteiger charge is -2.35. The Morgan fingerprint density at radius 2 is 2.40 bits per heavy atom. The van der Waals surface area contributed by atoms with E-state index < -0.39 is 5.41 Å². The van der Waals surface area contributed by atoms with Gasteiger partial charge in [-0.15, -0.1) is 11.3 Å². The first-order valence-corrected chi connectivity index (χ1v) is 8.09. The van der Waals surface area contributed by atoms with Gasteiger partial charge in [0, 0.05) is 9.85 Å². The molecule has 3 rings (SSSR count). The highest BCUT2D eigenvalue weighted by Gasteiger charge is 2.52. The van der Waals surface area contributed by atoms with Crippen LogP contribution in [0.2, 0.25) is 0 Å². The quantitative estimate of drug-likeness (QED) is 0.783. The molecule has 0 N–H and O–H groups in total. The largest absolute Gasteiger partial charge is 0.465 e. The molecule has 2 aromatic rings. The van der Waals surface area contributed by atoms with E-state index in [0.717, 1.165) is 15.8 Å². The number of aromatic nitrogens is 2. The Morgan fingerprint density at radius 1 is 1.60 bits per heavy atom. The monoisotopic (exact) mass is 356 g/mol. The standard InChI is InChI=1S/C13H13BrN2O3S/c1-2-18-12(17)13(4-3-5-13)11-15-10(16-19-11)9-6-8(14)7-20-9/h6-7H,2-5H2,1H3. The van der Waals surface area contributed by atoms with Gasteiger partial charge in [0.1, 0.15) is 5.41 Å². The smallest absolute Gasteiger partial charge is 0.321 e. The molecule has 0 aromatic carbocycles. The lowest BCUT2D eigenvalue weighted by molar-refractivity contribution is -0.155. The summed E-state index contributed by atoms with van der Waals surface area (Å²) in [6.45, 7) is 2.16. The lowest BCUT2D eigenvalue weighted by atomic mass is 9.68. The van der Waals surface area contributed by atoms with Crippen LogP contribution < -0.4 is 0 Å². The fourth-order valence-electron chi connectivity index (χ4n) is 2.25. The number of halogens is 1. The fraction of sp³-hybridized carbons (Fsp3) is 0.462. The molecule has 0 radical (unpaired) electrons. The average Bonchev–Trinajstić information content (AvgIpc) is 2.97. The number of esters is 1. The third-order valence-electron chi connectivity index (χ3n) is 3.50. The van der Waals surface area contributed by atoms with Crippen molar-refractivity contribution in [2.45, 2.75) is 31.6 Å². The molecule has 2 heterocycles. The van der Waals surface area contributed by atoms with E-state index in [1.54, 1.807) is 6.92 Å². The molecule has 0 spiro atoms. The van der Waals surface area contributed by atoms with Crippen molar-refractivity contribution in [2.24, 2.45) is 0 Å². The zero-order valence-corrected chi connectivity index (χ0v) is 13.3. The Hall–Kier alpha value is -1.21. The molecule has 106 valence electrons. The van der Waals surface area contributed by atoms with Crippen molar-refractivity contribution < 1.29 is 14.1 Å². The molecule has 0 unspecified atom stereocenters. The van der Waals surface area contributed by atoms with Gasteiger partial charge in [-0.3, -0.25) is 4.79 Å². The molecular weight excluding hydrogens is 344 g/mol. The second kappa shape index (κ2) is 5.29. The predicted molar refractivity (Wildman–Crippen MR) is 77.5 cm³/mol. The summed E-state index contributed by atoms with van der Waals surface area (Å²) in [6, 6.07) is 1.93. The van der Waals surface area contributed by atoms with Crippen molar-refractivity contribution in [2.75, 3.05) is 6.61 Å². The number of nitrogens with zero attached hydrogens (tertiary/aromatic N) is 2. The molecular formula is C13H13BrN2O3S. The van der Waals surface area contributed by atoms with Crippen LogP contribution in [0.1, 0.15) is 32.1 Å². The van der Waals surface area contributed by atoms with E-state index in [1.807, 2.05) is 11.4 Å². The van der Waals surface area contributed by atoms with Gasteiger partial charge in [0.25, 0.3) is 0 Å². The maximum atomic E-state index is 12.1. The molecule has 1 saturated carbocycles. The van der Waals surface area contributed by atoms with Gasteiger partial charge in [-0.2, -0.15) is 4.98 Å². The zero-order chi connectivity index (χ0) is 14.2. The fourth-order valence-corrected chi connectivity index (χ4v) is 3.60. The normalized spacial score (nSPS) is 16.7. The molecule has 20 heavy (non-hydrogen) atoms. The number of hydrogen-bond donors (Lipinski definition) is 0. The maximum Gasteiger partial charge on any atom is 0.321 e. The minimum Gasteiger partial charge on any atom is -0.465 e. The van der Waals surface area contributed by atoms with E-state index in [-0.39, 0.29) is 5.97 Å². The molecule has 0 bridgehead atoms. The second-order valence-corrected chi connectivity index (χ2v) is 6.54. The van der Waals surface area contributed by atoms with E-state index >= 15 is 0 Å². The third kappa shape index (κ3) is 2.18. The first-order valence-electron chi connectivity index (χ1n) is 6.41. The first kappa shape index (κ1) is 13.8. The van der Waals surface area contributed by atoms with Gasteiger partial charge in [0.2, 0.25) is 11.7 Å². The van der Waals surface area contributed by atoms with Crippen LogP contribution in [0.4, 0.5) is 0 Å². The molecule has 1 aliphatic carbocycles. The third-order valence-corrected chi connectivity index (χ3v) is 5.18. The van der Waals surface area contributed by atoms with Gasteiger partial charge in [-0.25, -0.2) is 0 Å². The lowest BCUT2D eigenvalue weighted by Crippen LogP contribution is -2.44. The van der Waals surface area contributed by atoms with E-state index in [1.165, 1.54) is 11.3 Å². The second-order valence-electron chi connectivity index (χ2n) is 4.71. The van der Waals surface area contributed by atoms with Gasteiger partial charge < -0.3 is 9.26 Å². The summed E-state index contributed by atoms with van der Waals surface area (Å²) in [6.07, 6.45) is 2.39. The molecule has 0 atom stereocenters. The predicted octanol–water partition coefficient (Wildman–Crippen LogP) is 3.55. The summed E-state index contributed by atoms with van der Waals surface area (Å²) in [4.78, 5) is 17.5. The van der Waals surface area contributed by atoms with Crippen LogP contribution in [-0.2, 0) is 14.9 Å². The molecule has 0 aliphatic heterocycles. The van der Waals surface area contributed by atoms with Crippen LogP contribution in [0.3, 0.4) is 0 Å². The van der Waals surface area contributed by atoms with E-state index in [2.05, 4.69) is 26.1 Å². The number of carbonyl (C=O) groups is 1. The van der Waals surface area contributed by atoms with Crippen LogP contribution >= 0.6 is 27.3 Å². The average molecular weight is 357 g/mol. The van der Waals surface area contributed by atoms with Crippen LogP contribution in [-0.4, -0.2) is 22.7 Å². The van der Waals surface area contributed by atoms with E-state index in [9.17, 15) is 4.79 Å².